The predicted molar refractivity (Wildman–Crippen MR) is 96.6 cm³/mol. The molecule has 0 bridgehead atoms. The molecule has 4 rings (SSSR count). The van der Waals surface area contributed by atoms with Crippen LogP contribution in [-0.4, -0.2) is 15.0 Å². The second-order valence-corrected chi connectivity index (χ2v) is 6.33. The zero-order valence-corrected chi connectivity index (χ0v) is 14.1. The summed E-state index contributed by atoms with van der Waals surface area (Å²) in [7, 11) is 0. The van der Waals surface area contributed by atoms with Crippen LogP contribution in [0.1, 0.15) is 11.3 Å². The minimum atomic E-state index is 0.508. The lowest BCUT2D eigenvalue weighted by Crippen LogP contribution is -1.95. The van der Waals surface area contributed by atoms with Gasteiger partial charge in [-0.2, -0.15) is 10.2 Å². The van der Waals surface area contributed by atoms with E-state index in [4.69, 9.17) is 10.00 Å². The summed E-state index contributed by atoms with van der Waals surface area (Å²) < 4.78 is 6.86. The summed E-state index contributed by atoms with van der Waals surface area (Å²) in [5, 5.41) is 10.9. The molecule has 0 aliphatic heterocycles. The Morgan fingerprint density at radius 1 is 1.08 bits per heavy atom. The number of ether oxygens (including phenoxy) is 1. The van der Waals surface area contributed by atoms with Crippen LogP contribution in [0.5, 0.6) is 11.6 Å². The van der Waals surface area contributed by atoms with Gasteiger partial charge in [-0.05, 0) is 54.8 Å². The van der Waals surface area contributed by atoms with Gasteiger partial charge in [0.1, 0.15) is 10.4 Å². The highest BCUT2D eigenvalue weighted by atomic mass is 32.1. The van der Waals surface area contributed by atoms with Gasteiger partial charge in [0.15, 0.2) is 5.82 Å². The van der Waals surface area contributed by atoms with Crippen LogP contribution >= 0.6 is 11.3 Å². The zero-order chi connectivity index (χ0) is 17.2. The molecule has 6 heteroatoms. The molecule has 0 saturated heterocycles. The van der Waals surface area contributed by atoms with E-state index in [-0.39, 0.29) is 0 Å². The molecule has 25 heavy (non-hydrogen) atoms. The van der Waals surface area contributed by atoms with Crippen LogP contribution in [0.4, 0.5) is 0 Å². The molecule has 120 valence electrons. The molecule has 0 N–H and O–H groups in total. The van der Waals surface area contributed by atoms with Crippen LogP contribution in [0, 0.1) is 18.3 Å². The lowest BCUT2D eigenvalue weighted by Gasteiger charge is -2.08. The standard InChI is InChI=1S/C19H12N4OS/c1-12-10-14(6-8-21-12)18-22-16-7-9-25-17(16)19(23-18)24-15-4-2-13(11-20)3-5-15/h2-10H,1H3. The Balaban J connectivity index is 1.79. The predicted octanol–water partition coefficient (Wildman–Crippen LogP) is 4.73. The van der Waals surface area contributed by atoms with Crippen LogP contribution in [0.2, 0.25) is 0 Å². The van der Waals surface area contributed by atoms with Crippen molar-refractivity contribution in [3.63, 3.8) is 0 Å². The number of aromatic nitrogens is 3. The van der Waals surface area contributed by atoms with Crippen LogP contribution in [0.3, 0.4) is 0 Å². The van der Waals surface area contributed by atoms with Crippen molar-refractivity contribution in [1.29, 1.82) is 5.26 Å². The maximum absolute atomic E-state index is 8.90. The van der Waals surface area contributed by atoms with Gasteiger partial charge >= 0.3 is 0 Å². The third kappa shape index (κ3) is 3.05. The molecule has 1 aromatic carbocycles. The van der Waals surface area contributed by atoms with E-state index in [1.165, 1.54) is 11.3 Å². The van der Waals surface area contributed by atoms with Crippen molar-refractivity contribution in [3.8, 4) is 29.1 Å². The second kappa shape index (κ2) is 6.30. The number of thiophene rings is 1. The van der Waals surface area contributed by atoms with Crippen LogP contribution in [0.15, 0.2) is 54.0 Å². The Bertz CT molecular complexity index is 1100. The van der Waals surface area contributed by atoms with Gasteiger partial charge < -0.3 is 4.74 Å². The van der Waals surface area contributed by atoms with Crippen LogP contribution in [-0.2, 0) is 0 Å². The van der Waals surface area contributed by atoms with Gasteiger partial charge in [0.05, 0.1) is 17.1 Å². The van der Waals surface area contributed by atoms with E-state index in [0.29, 0.717) is 23.0 Å². The quantitative estimate of drug-likeness (QED) is 0.537. The first kappa shape index (κ1) is 15.2. The van der Waals surface area contributed by atoms with Gasteiger partial charge in [0, 0.05) is 17.5 Å². The monoisotopic (exact) mass is 344 g/mol. The number of hydrogen-bond donors (Lipinski definition) is 0. The average Bonchev–Trinajstić information content (AvgIpc) is 3.11. The number of fused-ring (bicyclic) bond motifs is 1. The van der Waals surface area contributed by atoms with Gasteiger partial charge in [0.2, 0.25) is 5.88 Å². The Labute approximate surface area is 148 Å². The fourth-order valence-corrected chi connectivity index (χ4v) is 3.18. The first-order valence-electron chi connectivity index (χ1n) is 7.59. The summed E-state index contributed by atoms with van der Waals surface area (Å²) in [4.78, 5) is 13.4. The Kier molecular flexibility index (Phi) is 3.84. The van der Waals surface area contributed by atoms with E-state index in [1.807, 2.05) is 30.5 Å². The van der Waals surface area contributed by atoms with Crippen LogP contribution < -0.4 is 4.74 Å². The summed E-state index contributed by atoms with van der Waals surface area (Å²) in [6.45, 7) is 1.93. The molecule has 4 aromatic rings. The number of benzene rings is 1. The molecule has 0 unspecified atom stereocenters. The number of nitriles is 1. The van der Waals surface area contributed by atoms with Gasteiger partial charge in [-0.25, -0.2) is 4.98 Å². The highest BCUT2D eigenvalue weighted by Gasteiger charge is 2.13. The number of nitrogens with zero attached hydrogens (tertiary/aromatic N) is 4. The van der Waals surface area contributed by atoms with Crippen molar-refractivity contribution in [3.05, 3.63) is 65.3 Å². The molecule has 0 radical (unpaired) electrons. The second-order valence-electron chi connectivity index (χ2n) is 5.41. The summed E-state index contributed by atoms with van der Waals surface area (Å²) in [6, 6.07) is 14.8. The maximum Gasteiger partial charge on any atom is 0.240 e. The van der Waals surface area contributed by atoms with E-state index in [1.54, 1.807) is 30.5 Å². The molecule has 0 spiro atoms. The number of rotatable bonds is 3. The molecular formula is C19H12N4OS. The smallest absolute Gasteiger partial charge is 0.240 e. The van der Waals surface area contributed by atoms with Crippen molar-refractivity contribution in [1.82, 2.24) is 15.0 Å². The number of aryl methyl sites for hydroxylation is 1. The van der Waals surface area contributed by atoms with Crippen LogP contribution in [0.25, 0.3) is 21.6 Å². The molecule has 0 aliphatic carbocycles. The fraction of sp³-hybridized carbons (Fsp3) is 0.0526. The Morgan fingerprint density at radius 3 is 2.68 bits per heavy atom. The minimum Gasteiger partial charge on any atom is -0.437 e. The SMILES string of the molecule is Cc1cc(-c2nc(Oc3ccc(C#N)cc3)c3sccc3n2)ccn1. The average molecular weight is 344 g/mol. The first-order valence-corrected chi connectivity index (χ1v) is 8.47. The molecule has 0 fully saturated rings. The van der Waals surface area contributed by atoms with Gasteiger partial charge in [-0.3, -0.25) is 4.98 Å². The highest BCUT2D eigenvalue weighted by molar-refractivity contribution is 7.17. The Hall–Kier alpha value is -3.30. The zero-order valence-electron chi connectivity index (χ0n) is 13.3. The minimum absolute atomic E-state index is 0.508. The molecule has 0 atom stereocenters. The van der Waals surface area contributed by atoms with Crippen molar-refractivity contribution in [2.75, 3.05) is 0 Å². The van der Waals surface area contributed by atoms with Crippen molar-refractivity contribution in [2.45, 2.75) is 6.92 Å². The van der Waals surface area contributed by atoms with Crippen molar-refractivity contribution in [2.24, 2.45) is 0 Å². The number of pyridine rings is 1. The van der Waals surface area contributed by atoms with Gasteiger partial charge in [0.25, 0.3) is 0 Å². The van der Waals surface area contributed by atoms with Crippen molar-refractivity contribution < 1.29 is 4.74 Å². The molecular weight excluding hydrogens is 332 g/mol. The molecule has 5 nitrogen and oxygen atoms in total. The molecule has 0 saturated carbocycles. The van der Waals surface area contributed by atoms with Gasteiger partial charge in [-0.1, -0.05) is 0 Å². The molecule has 0 amide bonds. The lowest BCUT2D eigenvalue weighted by molar-refractivity contribution is 0.470. The molecule has 3 heterocycles. The largest absolute Gasteiger partial charge is 0.437 e. The molecule has 0 aliphatic rings. The maximum atomic E-state index is 8.90. The summed E-state index contributed by atoms with van der Waals surface area (Å²) in [5.41, 5.74) is 3.23. The normalized spacial score (nSPS) is 10.6. The highest BCUT2D eigenvalue weighted by Crippen LogP contribution is 2.33. The Morgan fingerprint density at radius 2 is 1.92 bits per heavy atom. The summed E-state index contributed by atoms with van der Waals surface area (Å²) >= 11 is 1.53. The third-order valence-corrected chi connectivity index (χ3v) is 4.52. The topological polar surface area (TPSA) is 71.7 Å². The lowest BCUT2D eigenvalue weighted by atomic mass is 10.2. The van der Waals surface area contributed by atoms with E-state index >= 15 is 0 Å². The van der Waals surface area contributed by atoms with E-state index in [9.17, 15) is 0 Å². The van der Waals surface area contributed by atoms with E-state index < -0.39 is 0 Å². The number of hydrogen-bond acceptors (Lipinski definition) is 6. The third-order valence-electron chi connectivity index (χ3n) is 3.63. The fourth-order valence-electron chi connectivity index (χ4n) is 2.43. The first-order chi connectivity index (χ1) is 12.2. The van der Waals surface area contributed by atoms with E-state index in [2.05, 4.69) is 21.0 Å². The molecule has 3 aromatic heterocycles. The van der Waals surface area contributed by atoms with E-state index in [0.717, 1.165) is 21.5 Å². The van der Waals surface area contributed by atoms with Gasteiger partial charge in [-0.15, -0.1) is 11.3 Å². The summed E-state index contributed by atoms with van der Waals surface area (Å²) in [6.07, 6.45) is 1.74. The summed E-state index contributed by atoms with van der Waals surface area (Å²) in [5.74, 6) is 1.73. The van der Waals surface area contributed by atoms with Crippen molar-refractivity contribution >= 4 is 21.6 Å².